The molecule has 42 heavy (non-hydrogen) atoms. The number of amides is 3. The van der Waals surface area contributed by atoms with Crippen molar-refractivity contribution in [1.29, 1.82) is 0 Å². The van der Waals surface area contributed by atoms with Gasteiger partial charge in [0.2, 0.25) is 17.7 Å². The van der Waals surface area contributed by atoms with Gasteiger partial charge in [0.05, 0.1) is 6.61 Å². The standard InChI is InChI=1S/C34H42N4O4/c1-35-33(40)30(21-25-11-6-4-7-12-25)38(3)34(41)31(37(2)32(39)24-42-23-29-15-10-20-36-29)22-26-16-18-28(19-17-26)27-13-8-5-9-14-27/h4-9,11-14,16-19,29-31,36H,10,15,20-24H2,1-3H3,(H,35,40)/t29-,30+,31+/m0/s1. The average molecular weight is 571 g/mol. The molecule has 8 nitrogen and oxygen atoms in total. The van der Waals surface area contributed by atoms with Crippen LogP contribution in [0.2, 0.25) is 0 Å². The molecule has 0 saturated carbocycles. The summed E-state index contributed by atoms with van der Waals surface area (Å²) >= 11 is 0. The lowest BCUT2D eigenvalue weighted by atomic mass is 9.98. The second-order valence-electron chi connectivity index (χ2n) is 10.9. The van der Waals surface area contributed by atoms with Crippen molar-refractivity contribution in [2.75, 3.05) is 40.9 Å². The maximum Gasteiger partial charge on any atom is 0.249 e. The molecule has 1 aliphatic rings. The van der Waals surface area contributed by atoms with Gasteiger partial charge in [-0.25, -0.2) is 0 Å². The van der Waals surface area contributed by atoms with Gasteiger partial charge in [0.25, 0.3) is 0 Å². The first-order valence-corrected chi connectivity index (χ1v) is 14.6. The highest BCUT2D eigenvalue weighted by molar-refractivity contribution is 5.92. The van der Waals surface area contributed by atoms with Gasteiger partial charge in [0, 0.05) is 40.0 Å². The first kappa shape index (κ1) is 30.9. The molecule has 0 radical (unpaired) electrons. The molecule has 222 valence electrons. The van der Waals surface area contributed by atoms with E-state index in [0.717, 1.165) is 41.6 Å². The zero-order valence-electron chi connectivity index (χ0n) is 24.8. The summed E-state index contributed by atoms with van der Waals surface area (Å²) in [7, 11) is 4.84. The second kappa shape index (κ2) is 15.3. The number of hydrogen-bond donors (Lipinski definition) is 2. The highest BCUT2D eigenvalue weighted by Gasteiger charge is 2.35. The van der Waals surface area contributed by atoms with Gasteiger partial charge in [-0.15, -0.1) is 0 Å². The fourth-order valence-corrected chi connectivity index (χ4v) is 5.34. The van der Waals surface area contributed by atoms with E-state index < -0.39 is 12.1 Å². The molecule has 1 saturated heterocycles. The lowest BCUT2D eigenvalue weighted by molar-refractivity contribution is -0.149. The Morgan fingerprint density at radius 2 is 1.43 bits per heavy atom. The molecule has 3 aromatic carbocycles. The number of rotatable bonds is 13. The Balaban J connectivity index is 1.54. The fraction of sp³-hybridized carbons (Fsp3) is 0.382. The molecule has 1 heterocycles. The van der Waals surface area contributed by atoms with E-state index in [-0.39, 0.29) is 30.4 Å². The van der Waals surface area contributed by atoms with E-state index in [1.165, 1.54) is 9.80 Å². The summed E-state index contributed by atoms with van der Waals surface area (Å²) in [5.74, 6) is -0.845. The molecule has 0 aliphatic carbocycles. The lowest BCUT2D eigenvalue weighted by Crippen LogP contribution is -2.56. The molecule has 1 aliphatic heterocycles. The zero-order valence-corrected chi connectivity index (χ0v) is 24.8. The van der Waals surface area contributed by atoms with E-state index in [9.17, 15) is 14.4 Å². The summed E-state index contributed by atoms with van der Waals surface area (Å²) in [5.41, 5.74) is 4.03. The minimum absolute atomic E-state index is 0.113. The second-order valence-corrected chi connectivity index (χ2v) is 10.9. The van der Waals surface area contributed by atoms with Crippen molar-refractivity contribution in [1.82, 2.24) is 20.4 Å². The van der Waals surface area contributed by atoms with Crippen molar-refractivity contribution in [3.8, 4) is 11.1 Å². The first-order valence-electron chi connectivity index (χ1n) is 14.6. The van der Waals surface area contributed by atoms with Gasteiger partial charge < -0.3 is 25.2 Å². The first-order chi connectivity index (χ1) is 20.4. The van der Waals surface area contributed by atoms with E-state index >= 15 is 0 Å². The monoisotopic (exact) mass is 570 g/mol. The predicted molar refractivity (Wildman–Crippen MR) is 165 cm³/mol. The number of carbonyl (C=O) groups excluding carboxylic acids is 3. The van der Waals surface area contributed by atoms with Crippen molar-refractivity contribution >= 4 is 17.7 Å². The molecular formula is C34H42N4O4. The minimum Gasteiger partial charge on any atom is -0.370 e. The highest BCUT2D eigenvalue weighted by Crippen LogP contribution is 2.21. The van der Waals surface area contributed by atoms with Gasteiger partial charge in [-0.05, 0) is 41.6 Å². The van der Waals surface area contributed by atoms with Crippen LogP contribution in [0.4, 0.5) is 0 Å². The van der Waals surface area contributed by atoms with Crippen molar-refractivity contribution in [2.24, 2.45) is 0 Å². The van der Waals surface area contributed by atoms with Crippen LogP contribution < -0.4 is 10.6 Å². The number of carbonyl (C=O) groups is 3. The van der Waals surface area contributed by atoms with Crippen LogP contribution in [0.25, 0.3) is 11.1 Å². The van der Waals surface area contributed by atoms with Crippen molar-refractivity contribution in [3.05, 3.63) is 96.1 Å². The molecule has 4 rings (SSSR count). The fourth-order valence-electron chi connectivity index (χ4n) is 5.34. The number of hydrogen-bond acceptors (Lipinski definition) is 5. The molecule has 0 spiro atoms. The summed E-state index contributed by atoms with van der Waals surface area (Å²) in [5, 5.41) is 6.06. The van der Waals surface area contributed by atoms with Crippen LogP contribution in [0.3, 0.4) is 0 Å². The number of ether oxygens (including phenoxy) is 1. The molecular weight excluding hydrogens is 528 g/mol. The maximum absolute atomic E-state index is 14.1. The molecule has 3 amide bonds. The Labute approximate surface area is 249 Å². The number of nitrogens with zero attached hydrogens (tertiary/aromatic N) is 2. The molecule has 0 unspecified atom stereocenters. The Kier molecular flexibility index (Phi) is 11.3. The minimum atomic E-state index is -0.818. The van der Waals surface area contributed by atoms with E-state index in [0.29, 0.717) is 19.4 Å². The van der Waals surface area contributed by atoms with Gasteiger partial charge in [-0.3, -0.25) is 14.4 Å². The normalized spacial score (nSPS) is 15.9. The van der Waals surface area contributed by atoms with E-state index in [4.69, 9.17) is 4.74 Å². The van der Waals surface area contributed by atoms with Gasteiger partial charge in [-0.2, -0.15) is 0 Å². The molecule has 0 bridgehead atoms. The van der Waals surface area contributed by atoms with Gasteiger partial charge >= 0.3 is 0 Å². The number of benzene rings is 3. The Morgan fingerprint density at radius 1 is 0.833 bits per heavy atom. The third-order valence-electron chi connectivity index (χ3n) is 7.98. The van der Waals surface area contributed by atoms with Crippen LogP contribution in [0, 0.1) is 0 Å². The maximum atomic E-state index is 14.1. The van der Waals surface area contributed by atoms with Gasteiger partial charge in [0.15, 0.2) is 0 Å². The van der Waals surface area contributed by atoms with Crippen molar-refractivity contribution in [2.45, 2.75) is 43.8 Å². The molecule has 3 atom stereocenters. The summed E-state index contributed by atoms with van der Waals surface area (Å²) in [4.78, 5) is 43.3. The van der Waals surface area contributed by atoms with E-state index in [1.807, 2.05) is 72.8 Å². The summed E-state index contributed by atoms with van der Waals surface area (Å²) in [6, 6.07) is 26.4. The lowest BCUT2D eigenvalue weighted by Gasteiger charge is -2.34. The third-order valence-corrected chi connectivity index (χ3v) is 7.98. The zero-order chi connectivity index (χ0) is 29.9. The Morgan fingerprint density at radius 3 is 2.05 bits per heavy atom. The van der Waals surface area contributed by atoms with E-state index in [2.05, 4.69) is 22.8 Å². The molecule has 0 aromatic heterocycles. The van der Waals surface area contributed by atoms with E-state index in [1.54, 1.807) is 21.1 Å². The topological polar surface area (TPSA) is 91.0 Å². The largest absolute Gasteiger partial charge is 0.370 e. The number of likely N-dealkylation sites (N-methyl/N-ethyl adjacent to an activating group) is 3. The Hall–Kier alpha value is -4.01. The van der Waals surface area contributed by atoms with Crippen LogP contribution >= 0.6 is 0 Å². The Bertz CT molecular complexity index is 1290. The average Bonchev–Trinajstić information content (AvgIpc) is 3.56. The van der Waals surface area contributed by atoms with Crippen LogP contribution in [-0.2, 0) is 32.0 Å². The molecule has 8 heteroatoms. The van der Waals surface area contributed by atoms with Gasteiger partial charge in [0.1, 0.15) is 18.7 Å². The van der Waals surface area contributed by atoms with Crippen molar-refractivity contribution < 1.29 is 19.1 Å². The SMILES string of the molecule is CNC(=O)[C@@H](Cc1ccccc1)N(C)C(=O)[C@@H](Cc1ccc(-c2ccccc2)cc1)N(C)C(=O)COC[C@@H]1CCCN1. The van der Waals surface area contributed by atoms with Crippen LogP contribution in [0.1, 0.15) is 24.0 Å². The van der Waals surface area contributed by atoms with Crippen molar-refractivity contribution in [3.63, 3.8) is 0 Å². The summed E-state index contributed by atoms with van der Waals surface area (Å²) < 4.78 is 5.75. The third kappa shape index (κ3) is 8.27. The highest BCUT2D eigenvalue weighted by atomic mass is 16.5. The quantitative estimate of drug-likeness (QED) is 0.329. The van der Waals surface area contributed by atoms with Gasteiger partial charge in [-0.1, -0.05) is 84.9 Å². The predicted octanol–water partition coefficient (Wildman–Crippen LogP) is 3.31. The van der Waals surface area contributed by atoms with Crippen LogP contribution in [0.5, 0.6) is 0 Å². The molecule has 3 aromatic rings. The van der Waals surface area contributed by atoms with Crippen LogP contribution in [-0.4, -0.2) is 86.5 Å². The smallest absolute Gasteiger partial charge is 0.249 e. The van der Waals surface area contributed by atoms with Crippen LogP contribution in [0.15, 0.2) is 84.9 Å². The number of nitrogens with one attached hydrogen (secondary N) is 2. The molecule has 2 N–H and O–H groups in total. The summed E-state index contributed by atoms with van der Waals surface area (Å²) in [6.45, 7) is 1.30. The molecule has 1 fully saturated rings. The summed E-state index contributed by atoms with van der Waals surface area (Å²) in [6.07, 6.45) is 2.79.